The highest BCUT2D eigenvalue weighted by molar-refractivity contribution is 6.94. The fourth-order valence-corrected chi connectivity index (χ4v) is 15.6. The number of aromatic nitrogens is 1. The van der Waals surface area contributed by atoms with Crippen molar-refractivity contribution in [3.63, 3.8) is 0 Å². The van der Waals surface area contributed by atoms with Gasteiger partial charge in [0.05, 0.1) is 11.0 Å². The summed E-state index contributed by atoms with van der Waals surface area (Å²) >= 11 is 0. The molecule has 0 bridgehead atoms. The summed E-state index contributed by atoms with van der Waals surface area (Å²) in [5, 5.41) is 2.87. The van der Waals surface area contributed by atoms with Crippen LogP contribution in [0.5, 0.6) is 0 Å². The van der Waals surface area contributed by atoms with Crippen molar-refractivity contribution < 1.29 is 0 Å². The van der Waals surface area contributed by atoms with Crippen LogP contribution in [0.1, 0.15) is 180 Å². The molecule has 7 aromatic carbocycles. The van der Waals surface area contributed by atoms with Gasteiger partial charge in [-0.25, -0.2) is 0 Å². The summed E-state index contributed by atoms with van der Waals surface area (Å²) in [5.74, 6) is 0. The van der Waals surface area contributed by atoms with Gasteiger partial charge in [-0.3, -0.25) is 0 Å². The summed E-state index contributed by atoms with van der Waals surface area (Å²) in [6.45, 7) is 37.0. The summed E-state index contributed by atoms with van der Waals surface area (Å²) in [6, 6.07) is 44.7. The van der Waals surface area contributed by atoms with Crippen LogP contribution in [-0.4, -0.2) is 11.4 Å². The monoisotopic (exact) mass is 927 g/mol. The van der Waals surface area contributed by atoms with E-state index in [0.717, 1.165) is 0 Å². The molecule has 1 aromatic heterocycles. The first kappa shape index (κ1) is 43.9. The van der Waals surface area contributed by atoms with Gasteiger partial charge in [-0.2, -0.15) is 0 Å². The fourth-order valence-electron chi connectivity index (χ4n) is 15.6. The summed E-state index contributed by atoms with van der Waals surface area (Å²) in [4.78, 5) is 2.83. The molecular formula is C68H71BN2. The van der Waals surface area contributed by atoms with Gasteiger partial charge in [-0.1, -0.05) is 171 Å². The van der Waals surface area contributed by atoms with Crippen molar-refractivity contribution in [2.75, 3.05) is 4.81 Å². The van der Waals surface area contributed by atoms with E-state index in [2.05, 4.69) is 222 Å². The Kier molecular flexibility index (Phi) is 8.19. The second-order valence-corrected chi connectivity index (χ2v) is 27.8. The molecule has 71 heavy (non-hydrogen) atoms. The van der Waals surface area contributed by atoms with Crippen LogP contribution in [0.15, 0.2) is 109 Å². The molecule has 8 aromatic rings. The number of rotatable bonds is 1. The first-order valence-electron chi connectivity index (χ1n) is 27.1. The molecule has 0 atom stereocenters. The van der Waals surface area contributed by atoms with E-state index in [1.165, 1.54) is 159 Å². The average Bonchev–Trinajstić information content (AvgIpc) is 3.86. The van der Waals surface area contributed by atoms with Crippen molar-refractivity contribution in [1.82, 2.24) is 4.57 Å². The van der Waals surface area contributed by atoms with Gasteiger partial charge >= 0.3 is 6.85 Å². The normalized spacial score (nSPS) is 20.2. The van der Waals surface area contributed by atoms with Crippen LogP contribution < -0.4 is 15.7 Å². The van der Waals surface area contributed by atoms with Crippen molar-refractivity contribution in [2.45, 2.75) is 167 Å². The molecule has 0 amide bonds. The highest BCUT2D eigenvalue weighted by Crippen LogP contribution is 2.62. The Balaban J connectivity index is 1.25. The van der Waals surface area contributed by atoms with Gasteiger partial charge in [0.2, 0.25) is 0 Å². The maximum Gasteiger partial charge on any atom is 0.333 e. The number of nitrogens with zero attached hydrogens (tertiary/aromatic N) is 2. The Morgan fingerprint density at radius 2 is 1.01 bits per heavy atom. The zero-order valence-electron chi connectivity index (χ0n) is 45.2. The predicted molar refractivity (Wildman–Crippen MR) is 304 cm³/mol. The summed E-state index contributed by atoms with van der Waals surface area (Å²) in [5.41, 5.74) is 31.1. The van der Waals surface area contributed by atoms with E-state index in [4.69, 9.17) is 0 Å². The Labute approximate surface area is 424 Å². The zero-order chi connectivity index (χ0) is 49.6. The SMILES string of the molecule is CC(C)(C)c1ccc(N2B3c4cc5c(cc4-n4c6cc7c(cc6c6c8c(c(c3c64)-c3cc4c(cc32)C(C)(C)CCC4(C)C)-c2ccccc2C8(C)C)C(C)(C)CCC7(C)C)-c2ccccc2C5(C)C)cc1. The lowest BCUT2D eigenvalue weighted by molar-refractivity contribution is 0.332. The molecule has 0 saturated heterocycles. The van der Waals surface area contributed by atoms with Crippen LogP contribution in [-0.2, 0) is 37.9 Å². The Morgan fingerprint density at radius 1 is 0.465 bits per heavy atom. The highest BCUT2D eigenvalue weighted by Gasteiger charge is 2.52. The molecule has 0 radical (unpaired) electrons. The van der Waals surface area contributed by atoms with Crippen molar-refractivity contribution in [1.29, 1.82) is 0 Å². The molecule has 0 fully saturated rings. The van der Waals surface area contributed by atoms with E-state index >= 15 is 0 Å². The third-order valence-electron chi connectivity index (χ3n) is 20.0. The Bertz CT molecular complexity index is 3740. The first-order valence-corrected chi connectivity index (χ1v) is 27.1. The van der Waals surface area contributed by atoms with E-state index in [1.54, 1.807) is 0 Å². The number of fused-ring (bicyclic) bond motifs is 18. The lowest BCUT2D eigenvalue weighted by atomic mass is 9.43. The van der Waals surface area contributed by atoms with Gasteiger partial charge < -0.3 is 9.38 Å². The van der Waals surface area contributed by atoms with Crippen molar-refractivity contribution >= 4 is 51.0 Å². The number of hydrogen-bond acceptors (Lipinski definition) is 1. The largest absolute Gasteiger partial charge is 0.376 e. The van der Waals surface area contributed by atoms with Crippen molar-refractivity contribution in [3.8, 4) is 39.1 Å². The predicted octanol–water partition coefficient (Wildman–Crippen LogP) is 16.6. The second kappa shape index (κ2) is 13.2. The number of anilines is 2. The molecule has 356 valence electrons. The quantitative estimate of drug-likeness (QED) is 0.149. The first-order chi connectivity index (χ1) is 33.3. The summed E-state index contributed by atoms with van der Waals surface area (Å²) in [6.07, 6.45) is 4.71. The lowest BCUT2D eigenvalue weighted by Gasteiger charge is -2.47. The van der Waals surface area contributed by atoms with E-state index in [0.29, 0.717) is 0 Å². The molecule has 2 nitrogen and oxygen atoms in total. The third kappa shape index (κ3) is 5.41. The van der Waals surface area contributed by atoms with Gasteiger partial charge in [-0.05, 0) is 184 Å². The molecule has 0 N–H and O–H groups in total. The van der Waals surface area contributed by atoms with E-state index in [9.17, 15) is 0 Å². The van der Waals surface area contributed by atoms with Crippen molar-refractivity contribution in [2.24, 2.45) is 0 Å². The maximum absolute atomic E-state index is 2.83. The standard InChI is InChI=1S/C68H71BN2/c1-62(2,3)38-24-26-39(27-25-38)71-54-37-51-49(64(6,7)29-31-66(51,10)11)33-44(54)57-56-41-21-17-19-23-46(41)68(14,15)59(56)58-43-32-48-50(65(8,9)30-28-63(48,4)5)36-53(43)70-55-34-42-40-20-16-18-22-45(40)67(12,13)47(42)35-52(55)69(71)60(57)61(58)70/h16-27,32-37H,28-31H2,1-15H3. The average molecular weight is 927 g/mol. The van der Waals surface area contributed by atoms with Crippen LogP contribution in [0.2, 0.25) is 0 Å². The maximum atomic E-state index is 2.83. The summed E-state index contributed by atoms with van der Waals surface area (Å²) in [7, 11) is 0. The van der Waals surface area contributed by atoms with Crippen LogP contribution >= 0.6 is 0 Å². The second-order valence-electron chi connectivity index (χ2n) is 27.8. The molecule has 14 rings (SSSR count). The van der Waals surface area contributed by atoms with Crippen molar-refractivity contribution in [3.05, 3.63) is 159 Å². The van der Waals surface area contributed by atoms with Gasteiger partial charge in [0.1, 0.15) is 0 Å². The molecule has 0 unspecified atom stereocenters. The fraction of sp³-hybridized carbons (Fsp3) is 0.382. The molecule has 4 aliphatic carbocycles. The number of hydrogen-bond donors (Lipinski definition) is 0. The molecule has 2 aliphatic heterocycles. The smallest absolute Gasteiger partial charge is 0.333 e. The zero-order valence-corrected chi connectivity index (χ0v) is 45.2. The van der Waals surface area contributed by atoms with Gasteiger partial charge in [0.15, 0.2) is 0 Å². The van der Waals surface area contributed by atoms with Crippen LogP contribution in [0.4, 0.5) is 11.4 Å². The third-order valence-corrected chi connectivity index (χ3v) is 20.0. The highest BCUT2D eigenvalue weighted by atomic mass is 15.1. The van der Waals surface area contributed by atoms with E-state index < -0.39 is 0 Å². The molecule has 3 heterocycles. The van der Waals surface area contributed by atoms with Crippen LogP contribution in [0.3, 0.4) is 0 Å². The van der Waals surface area contributed by atoms with Gasteiger partial charge in [-0.15, -0.1) is 0 Å². The van der Waals surface area contributed by atoms with Crippen LogP contribution in [0.25, 0.3) is 60.9 Å². The Hall–Kier alpha value is -5.80. The Morgan fingerprint density at radius 3 is 1.63 bits per heavy atom. The molecular weight excluding hydrogens is 856 g/mol. The lowest BCUT2D eigenvalue weighted by Crippen LogP contribution is -2.61. The minimum Gasteiger partial charge on any atom is -0.376 e. The minimum absolute atomic E-state index is 0.0361. The number of benzene rings is 7. The van der Waals surface area contributed by atoms with E-state index in [-0.39, 0.29) is 44.8 Å². The minimum atomic E-state index is -0.239. The molecule has 0 spiro atoms. The molecule has 6 aliphatic rings. The van der Waals surface area contributed by atoms with Gasteiger partial charge in [0, 0.05) is 44.2 Å². The van der Waals surface area contributed by atoms with Gasteiger partial charge in [0.25, 0.3) is 0 Å². The molecule has 3 heteroatoms. The van der Waals surface area contributed by atoms with E-state index in [1.807, 2.05) is 0 Å². The topological polar surface area (TPSA) is 8.17 Å². The molecule has 0 saturated carbocycles. The van der Waals surface area contributed by atoms with Crippen LogP contribution in [0, 0.1) is 0 Å². The summed E-state index contributed by atoms with van der Waals surface area (Å²) < 4.78 is 2.82.